The molecule has 1 N–H and O–H groups in total. The minimum absolute atomic E-state index is 0.297. The molecule has 0 radical (unpaired) electrons. The van der Waals surface area contributed by atoms with E-state index in [-0.39, 0.29) is 5.24 Å². The first-order chi connectivity index (χ1) is 12.1. The highest BCUT2D eigenvalue weighted by atomic mass is 32.2. The lowest BCUT2D eigenvalue weighted by Crippen LogP contribution is -2.17. The van der Waals surface area contributed by atoms with Gasteiger partial charge in [0.15, 0.2) is 5.16 Å². The van der Waals surface area contributed by atoms with Crippen LogP contribution >= 0.6 is 23.5 Å². The minimum atomic E-state index is -0.421. The van der Waals surface area contributed by atoms with Gasteiger partial charge in [-0.3, -0.25) is 19.9 Å². The van der Waals surface area contributed by atoms with E-state index in [4.69, 9.17) is 4.42 Å². The summed E-state index contributed by atoms with van der Waals surface area (Å²) in [5.74, 6) is 0.0492. The zero-order chi connectivity index (χ0) is 17.4. The number of carbonyl (C=O) groups excluding carboxylic acids is 2. The van der Waals surface area contributed by atoms with Crippen molar-refractivity contribution in [1.82, 2.24) is 20.3 Å². The van der Waals surface area contributed by atoms with Crippen molar-refractivity contribution in [3.05, 3.63) is 41.5 Å². The van der Waals surface area contributed by atoms with Crippen molar-refractivity contribution in [3.63, 3.8) is 0 Å². The molecule has 0 atom stereocenters. The number of furan rings is 1. The molecule has 1 fully saturated rings. The SMILES string of the molecule is CSc1ncc(-c2cncc3cc(C=C4SC(=O)NC4=O)oc23)cn1. The Balaban J connectivity index is 1.77. The van der Waals surface area contributed by atoms with Crippen molar-refractivity contribution in [2.24, 2.45) is 0 Å². The average molecular weight is 370 g/mol. The van der Waals surface area contributed by atoms with Gasteiger partial charge in [-0.15, -0.1) is 0 Å². The summed E-state index contributed by atoms with van der Waals surface area (Å²) in [5.41, 5.74) is 2.17. The first kappa shape index (κ1) is 15.9. The average Bonchev–Trinajstić information content (AvgIpc) is 3.17. The third kappa shape index (κ3) is 3.03. The van der Waals surface area contributed by atoms with Crippen LogP contribution in [-0.4, -0.2) is 32.4 Å². The second-order valence-electron chi connectivity index (χ2n) is 5.06. The lowest BCUT2D eigenvalue weighted by Gasteiger charge is -2.01. The number of pyridine rings is 1. The maximum absolute atomic E-state index is 11.7. The number of rotatable bonds is 3. The lowest BCUT2D eigenvalue weighted by atomic mass is 10.1. The third-order valence-electron chi connectivity index (χ3n) is 3.48. The van der Waals surface area contributed by atoms with Gasteiger partial charge < -0.3 is 4.42 Å². The van der Waals surface area contributed by atoms with E-state index < -0.39 is 5.91 Å². The number of imide groups is 1. The molecule has 0 saturated carbocycles. The Bertz CT molecular complexity index is 1030. The van der Waals surface area contributed by atoms with Crippen molar-refractivity contribution >= 4 is 51.7 Å². The summed E-state index contributed by atoms with van der Waals surface area (Å²) in [4.78, 5) is 36.0. The molecule has 0 unspecified atom stereocenters. The number of amides is 2. The van der Waals surface area contributed by atoms with Crippen LogP contribution in [0.2, 0.25) is 0 Å². The molecular weight excluding hydrogens is 360 g/mol. The van der Waals surface area contributed by atoms with Crippen LogP contribution in [0.4, 0.5) is 4.79 Å². The summed E-state index contributed by atoms with van der Waals surface area (Å²) >= 11 is 2.31. The number of fused-ring (bicyclic) bond motifs is 1. The molecule has 124 valence electrons. The van der Waals surface area contributed by atoms with Crippen LogP contribution in [0.15, 0.2) is 45.3 Å². The fraction of sp³-hybridized carbons (Fsp3) is 0.0625. The van der Waals surface area contributed by atoms with Gasteiger partial charge in [0.25, 0.3) is 11.1 Å². The Hall–Kier alpha value is -2.65. The maximum atomic E-state index is 11.7. The first-order valence-corrected chi connectivity index (χ1v) is 9.17. The van der Waals surface area contributed by atoms with Crippen molar-refractivity contribution in [2.75, 3.05) is 6.26 Å². The third-order valence-corrected chi connectivity index (χ3v) is 4.87. The van der Waals surface area contributed by atoms with Gasteiger partial charge >= 0.3 is 0 Å². The Labute approximate surface area is 150 Å². The van der Waals surface area contributed by atoms with E-state index in [1.807, 2.05) is 6.26 Å². The smallest absolute Gasteiger partial charge is 0.290 e. The number of nitrogens with zero attached hydrogens (tertiary/aromatic N) is 3. The summed E-state index contributed by atoms with van der Waals surface area (Å²) < 4.78 is 5.87. The largest absolute Gasteiger partial charge is 0.456 e. The molecule has 4 heterocycles. The first-order valence-electron chi connectivity index (χ1n) is 7.13. The molecule has 2 amide bonds. The number of carbonyl (C=O) groups is 2. The maximum Gasteiger partial charge on any atom is 0.290 e. The summed E-state index contributed by atoms with van der Waals surface area (Å²) in [6.45, 7) is 0. The van der Waals surface area contributed by atoms with Gasteiger partial charge in [0.2, 0.25) is 0 Å². The fourth-order valence-corrected chi connectivity index (χ4v) is 3.35. The van der Waals surface area contributed by atoms with Crippen LogP contribution in [0, 0.1) is 0 Å². The molecule has 1 aliphatic rings. The molecule has 1 saturated heterocycles. The summed E-state index contributed by atoms with van der Waals surface area (Å²) in [7, 11) is 0. The van der Waals surface area contributed by atoms with Gasteiger partial charge in [0, 0.05) is 47.4 Å². The second-order valence-corrected chi connectivity index (χ2v) is 6.85. The molecule has 7 nitrogen and oxygen atoms in total. The molecule has 3 aromatic rings. The number of hydrogen-bond acceptors (Lipinski definition) is 8. The van der Waals surface area contributed by atoms with E-state index in [0.29, 0.717) is 21.4 Å². The van der Waals surface area contributed by atoms with Crippen LogP contribution in [0.5, 0.6) is 0 Å². The van der Waals surface area contributed by atoms with Crippen LogP contribution in [0.1, 0.15) is 5.76 Å². The molecule has 4 rings (SSSR count). The molecule has 0 bridgehead atoms. The zero-order valence-corrected chi connectivity index (χ0v) is 14.5. The monoisotopic (exact) mass is 370 g/mol. The highest BCUT2D eigenvalue weighted by molar-refractivity contribution is 8.18. The number of aromatic nitrogens is 3. The molecule has 0 spiro atoms. The van der Waals surface area contributed by atoms with E-state index >= 15 is 0 Å². The normalized spacial score (nSPS) is 16.0. The summed E-state index contributed by atoms with van der Waals surface area (Å²) in [6.07, 6.45) is 10.2. The standard InChI is InChI=1S/C16H10N4O3S2/c1-24-15-18-5-9(6-19-15)11-7-17-4-8-2-10(23-13(8)11)3-12-14(21)20-16(22)25-12/h2-7H,1H3,(H,20,21,22). The summed E-state index contributed by atoms with van der Waals surface area (Å²) in [5, 5.41) is 3.29. The molecular formula is C16H10N4O3S2. The van der Waals surface area contributed by atoms with E-state index in [0.717, 1.165) is 28.3 Å². The van der Waals surface area contributed by atoms with Crippen LogP contribution in [0.25, 0.3) is 28.2 Å². The Kier molecular flexibility index (Phi) is 4.02. The highest BCUT2D eigenvalue weighted by Gasteiger charge is 2.25. The van der Waals surface area contributed by atoms with E-state index in [1.165, 1.54) is 11.8 Å². The Morgan fingerprint density at radius 2 is 2.00 bits per heavy atom. The van der Waals surface area contributed by atoms with Crippen LogP contribution < -0.4 is 5.32 Å². The van der Waals surface area contributed by atoms with Gasteiger partial charge in [-0.2, -0.15) is 0 Å². The quantitative estimate of drug-likeness (QED) is 0.426. The van der Waals surface area contributed by atoms with Crippen molar-refractivity contribution < 1.29 is 14.0 Å². The predicted octanol–water partition coefficient (Wildman–Crippen LogP) is 3.33. The molecule has 25 heavy (non-hydrogen) atoms. The van der Waals surface area contributed by atoms with Crippen molar-refractivity contribution in [3.8, 4) is 11.1 Å². The van der Waals surface area contributed by atoms with Gasteiger partial charge in [0.05, 0.1) is 4.91 Å². The Morgan fingerprint density at radius 3 is 2.68 bits per heavy atom. The topological polar surface area (TPSA) is 98.0 Å². The van der Waals surface area contributed by atoms with E-state index in [2.05, 4.69) is 20.3 Å². The lowest BCUT2D eigenvalue weighted by molar-refractivity contribution is -0.115. The van der Waals surface area contributed by atoms with E-state index in [1.54, 1.807) is 36.9 Å². The molecule has 9 heteroatoms. The number of nitrogens with one attached hydrogen (secondary N) is 1. The van der Waals surface area contributed by atoms with Crippen LogP contribution in [-0.2, 0) is 4.79 Å². The number of thioether (sulfide) groups is 2. The van der Waals surface area contributed by atoms with Crippen molar-refractivity contribution in [1.29, 1.82) is 0 Å². The summed E-state index contributed by atoms with van der Waals surface area (Å²) in [6, 6.07) is 1.77. The van der Waals surface area contributed by atoms with Crippen LogP contribution in [0.3, 0.4) is 0 Å². The Morgan fingerprint density at radius 1 is 1.20 bits per heavy atom. The molecule has 0 aromatic carbocycles. The second kappa shape index (κ2) is 6.34. The predicted molar refractivity (Wildman–Crippen MR) is 95.9 cm³/mol. The van der Waals surface area contributed by atoms with Gasteiger partial charge in [-0.25, -0.2) is 9.97 Å². The number of hydrogen-bond donors (Lipinski definition) is 1. The van der Waals surface area contributed by atoms with Gasteiger partial charge in [0.1, 0.15) is 11.3 Å². The van der Waals surface area contributed by atoms with E-state index in [9.17, 15) is 9.59 Å². The van der Waals surface area contributed by atoms with Crippen molar-refractivity contribution in [2.45, 2.75) is 5.16 Å². The molecule has 3 aromatic heterocycles. The molecule has 1 aliphatic heterocycles. The van der Waals surface area contributed by atoms with Gasteiger partial charge in [-0.05, 0) is 24.1 Å². The van der Waals surface area contributed by atoms with Gasteiger partial charge in [-0.1, -0.05) is 11.8 Å². The minimum Gasteiger partial charge on any atom is -0.456 e. The zero-order valence-electron chi connectivity index (χ0n) is 12.8. The molecule has 0 aliphatic carbocycles. The fourth-order valence-electron chi connectivity index (χ4n) is 2.37. The highest BCUT2D eigenvalue weighted by Crippen LogP contribution is 2.32.